The van der Waals surface area contributed by atoms with Crippen molar-refractivity contribution in [2.45, 2.75) is 13.8 Å². The minimum Gasteiger partial charge on any atom is -0.463 e. The van der Waals surface area contributed by atoms with E-state index in [0.29, 0.717) is 17.1 Å². The quantitative estimate of drug-likeness (QED) is 0.414. The van der Waals surface area contributed by atoms with Crippen LogP contribution in [0.3, 0.4) is 0 Å². The van der Waals surface area contributed by atoms with Crippen molar-refractivity contribution in [2.24, 2.45) is 5.10 Å². The van der Waals surface area contributed by atoms with Crippen LogP contribution in [-0.2, 0) is 0 Å². The number of amides is 1. The SMILES string of the molecule is Cc1nn(-c2ccccc2)c(C)c1-c1cc(C(=O)N/N=C/c2ccco2)[nH]n1. The molecule has 140 valence electrons. The van der Waals surface area contributed by atoms with Crippen molar-refractivity contribution >= 4 is 12.1 Å². The Morgan fingerprint density at radius 3 is 2.79 bits per heavy atom. The second-order valence-corrected chi connectivity index (χ2v) is 6.17. The van der Waals surface area contributed by atoms with Gasteiger partial charge in [-0.25, -0.2) is 10.1 Å². The van der Waals surface area contributed by atoms with Gasteiger partial charge in [0.05, 0.1) is 35.2 Å². The Balaban J connectivity index is 1.56. The van der Waals surface area contributed by atoms with E-state index in [9.17, 15) is 4.79 Å². The summed E-state index contributed by atoms with van der Waals surface area (Å²) in [5, 5.41) is 15.5. The summed E-state index contributed by atoms with van der Waals surface area (Å²) in [6.07, 6.45) is 2.96. The van der Waals surface area contributed by atoms with Crippen molar-refractivity contribution in [1.82, 2.24) is 25.4 Å². The van der Waals surface area contributed by atoms with Gasteiger partial charge in [0, 0.05) is 5.56 Å². The lowest BCUT2D eigenvalue weighted by Gasteiger charge is -2.04. The van der Waals surface area contributed by atoms with Crippen molar-refractivity contribution in [3.63, 3.8) is 0 Å². The summed E-state index contributed by atoms with van der Waals surface area (Å²) in [7, 11) is 0. The van der Waals surface area contributed by atoms with E-state index in [2.05, 4.69) is 25.8 Å². The summed E-state index contributed by atoms with van der Waals surface area (Å²) in [6.45, 7) is 3.90. The van der Waals surface area contributed by atoms with Gasteiger partial charge in [0.15, 0.2) is 0 Å². The van der Waals surface area contributed by atoms with Gasteiger partial charge in [0.25, 0.3) is 5.91 Å². The van der Waals surface area contributed by atoms with Crippen molar-refractivity contribution < 1.29 is 9.21 Å². The Hall–Kier alpha value is -3.94. The standard InChI is InChI=1S/C20H18N6O2/c1-13-19(14(2)26(25-13)15-7-4-3-5-8-15)17-11-18(23-22-17)20(27)24-21-12-16-9-6-10-28-16/h3-12H,1-2H3,(H,22,23)(H,24,27)/b21-12+. The average molecular weight is 374 g/mol. The van der Waals surface area contributed by atoms with E-state index in [-0.39, 0.29) is 0 Å². The maximum atomic E-state index is 12.3. The van der Waals surface area contributed by atoms with Gasteiger partial charge in [-0.3, -0.25) is 9.89 Å². The number of furan rings is 1. The van der Waals surface area contributed by atoms with Gasteiger partial charge in [0.1, 0.15) is 11.5 Å². The third kappa shape index (κ3) is 3.35. The zero-order chi connectivity index (χ0) is 19.5. The summed E-state index contributed by atoms with van der Waals surface area (Å²) in [5.74, 6) is 0.150. The maximum absolute atomic E-state index is 12.3. The number of rotatable bonds is 5. The smallest absolute Gasteiger partial charge is 0.289 e. The monoisotopic (exact) mass is 374 g/mol. The number of hydrogen-bond donors (Lipinski definition) is 2. The fourth-order valence-corrected chi connectivity index (χ4v) is 2.98. The first-order valence-corrected chi connectivity index (χ1v) is 8.68. The number of aromatic nitrogens is 4. The predicted octanol–water partition coefficient (Wildman–Crippen LogP) is 3.24. The van der Waals surface area contributed by atoms with E-state index in [1.54, 1.807) is 18.2 Å². The van der Waals surface area contributed by atoms with Crippen molar-refractivity contribution in [2.75, 3.05) is 0 Å². The average Bonchev–Trinajstić information content (AvgIpc) is 3.43. The third-order valence-electron chi connectivity index (χ3n) is 4.27. The Bertz CT molecular complexity index is 1120. The number of carbonyl (C=O) groups is 1. The molecule has 0 aliphatic rings. The highest BCUT2D eigenvalue weighted by molar-refractivity contribution is 5.94. The van der Waals surface area contributed by atoms with Gasteiger partial charge in [-0.2, -0.15) is 15.3 Å². The molecule has 0 spiro atoms. The zero-order valence-corrected chi connectivity index (χ0v) is 15.4. The Labute approximate surface area is 160 Å². The molecule has 0 aliphatic heterocycles. The van der Waals surface area contributed by atoms with Crippen LogP contribution in [0.25, 0.3) is 16.9 Å². The predicted molar refractivity (Wildman–Crippen MR) is 104 cm³/mol. The second kappa shape index (κ2) is 7.36. The van der Waals surface area contributed by atoms with Crippen molar-refractivity contribution in [1.29, 1.82) is 0 Å². The van der Waals surface area contributed by atoms with Gasteiger partial charge in [-0.05, 0) is 44.2 Å². The third-order valence-corrected chi connectivity index (χ3v) is 4.27. The molecule has 2 N–H and O–H groups in total. The highest BCUT2D eigenvalue weighted by Crippen LogP contribution is 2.27. The molecule has 28 heavy (non-hydrogen) atoms. The molecule has 1 aromatic carbocycles. The van der Waals surface area contributed by atoms with Gasteiger partial charge in [-0.1, -0.05) is 18.2 Å². The molecule has 0 fully saturated rings. The molecular weight excluding hydrogens is 356 g/mol. The van der Waals surface area contributed by atoms with Crippen LogP contribution in [0.15, 0.2) is 64.3 Å². The highest BCUT2D eigenvalue weighted by Gasteiger charge is 2.18. The number of benzene rings is 1. The van der Waals surface area contributed by atoms with E-state index >= 15 is 0 Å². The number of aromatic amines is 1. The largest absolute Gasteiger partial charge is 0.463 e. The van der Waals surface area contributed by atoms with E-state index in [0.717, 1.165) is 22.6 Å². The topological polar surface area (TPSA) is 101 Å². The van der Waals surface area contributed by atoms with E-state index in [4.69, 9.17) is 4.42 Å². The molecule has 8 nitrogen and oxygen atoms in total. The van der Waals surface area contributed by atoms with Gasteiger partial charge in [0.2, 0.25) is 0 Å². The molecule has 0 saturated heterocycles. The Kier molecular flexibility index (Phi) is 4.59. The molecular formula is C20H18N6O2. The van der Waals surface area contributed by atoms with Gasteiger partial charge < -0.3 is 4.42 Å². The Morgan fingerprint density at radius 2 is 2.04 bits per heavy atom. The van der Waals surface area contributed by atoms with Crippen molar-refractivity contribution in [3.05, 3.63) is 77.6 Å². The molecule has 0 unspecified atom stereocenters. The molecule has 3 heterocycles. The van der Waals surface area contributed by atoms with Crippen LogP contribution in [0.5, 0.6) is 0 Å². The number of nitrogens with one attached hydrogen (secondary N) is 2. The number of aryl methyl sites for hydroxylation is 1. The highest BCUT2D eigenvalue weighted by atomic mass is 16.3. The second-order valence-electron chi connectivity index (χ2n) is 6.17. The molecule has 3 aromatic heterocycles. The molecule has 0 aliphatic carbocycles. The van der Waals surface area contributed by atoms with Crippen molar-refractivity contribution in [3.8, 4) is 16.9 Å². The number of hydrazone groups is 1. The molecule has 0 radical (unpaired) electrons. The van der Waals surface area contributed by atoms with Crippen LogP contribution in [0.4, 0.5) is 0 Å². The molecule has 0 atom stereocenters. The first-order chi connectivity index (χ1) is 13.6. The van der Waals surface area contributed by atoms with Crippen LogP contribution >= 0.6 is 0 Å². The summed E-state index contributed by atoms with van der Waals surface area (Å²) in [4.78, 5) is 12.3. The first-order valence-electron chi connectivity index (χ1n) is 8.68. The minimum atomic E-state index is -0.396. The van der Waals surface area contributed by atoms with Crippen LogP contribution in [0, 0.1) is 13.8 Å². The molecule has 4 rings (SSSR count). The lowest BCUT2D eigenvalue weighted by Crippen LogP contribution is -2.17. The van der Waals surface area contributed by atoms with E-state index in [1.807, 2.05) is 48.9 Å². The zero-order valence-electron chi connectivity index (χ0n) is 15.4. The van der Waals surface area contributed by atoms with Crippen LogP contribution < -0.4 is 5.43 Å². The Morgan fingerprint density at radius 1 is 1.21 bits per heavy atom. The van der Waals surface area contributed by atoms with E-state index < -0.39 is 5.91 Å². The molecule has 8 heteroatoms. The van der Waals surface area contributed by atoms with Crippen LogP contribution in [0.2, 0.25) is 0 Å². The van der Waals surface area contributed by atoms with Gasteiger partial charge in [-0.15, -0.1) is 0 Å². The number of nitrogens with zero attached hydrogens (tertiary/aromatic N) is 4. The number of hydrogen-bond acceptors (Lipinski definition) is 5. The summed E-state index contributed by atoms with van der Waals surface area (Å²) < 4.78 is 6.99. The maximum Gasteiger partial charge on any atom is 0.289 e. The summed E-state index contributed by atoms with van der Waals surface area (Å²) in [6, 6.07) is 15.0. The molecule has 4 aromatic rings. The number of para-hydroxylation sites is 1. The number of carbonyl (C=O) groups excluding carboxylic acids is 1. The lowest BCUT2D eigenvalue weighted by atomic mass is 10.1. The van der Waals surface area contributed by atoms with Crippen LogP contribution in [0.1, 0.15) is 27.6 Å². The molecule has 0 saturated carbocycles. The summed E-state index contributed by atoms with van der Waals surface area (Å²) >= 11 is 0. The molecule has 1 amide bonds. The normalized spacial score (nSPS) is 11.2. The fourth-order valence-electron chi connectivity index (χ4n) is 2.98. The van der Waals surface area contributed by atoms with E-state index in [1.165, 1.54) is 12.5 Å². The molecule has 0 bridgehead atoms. The minimum absolute atomic E-state index is 0.304. The summed E-state index contributed by atoms with van der Waals surface area (Å²) in [5.41, 5.74) is 7.02. The first kappa shape index (κ1) is 17.5. The number of H-pyrrole nitrogens is 1. The van der Waals surface area contributed by atoms with Gasteiger partial charge >= 0.3 is 0 Å². The van der Waals surface area contributed by atoms with Crippen LogP contribution in [-0.4, -0.2) is 32.1 Å². The fraction of sp³-hybridized carbons (Fsp3) is 0.100. The lowest BCUT2D eigenvalue weighted by molar-refractivity contribution is 0.0950.